The van der Waals surface area contributed by atoms with Crippen molar-refractivity contribution in [1.29, 1.82) is 0 Å². The number of nitrogens with zero attached hydrogens (tertiary/aromatic N) is 1. The van der Waals surface area contributed by atoms with Crippen LogP contribution in [0.2, 0.25) is 0 Å². The topological polar surface area (TPSA) is 214 Å². The van der Waals surface area contributed by atoms with E-state index in [9.17, 15) is 40.2 Å². The molecule has 3 aliphatic heterocycles. The number of ketones is 1. The van der Waals surface area contributed by atoms with E-state index >= 15 is 0 Å². The number of rotatable bonds is 8. The smallest absolute Gasteiger partial charge is 0.311 e. The predicted octanol–water partition coefficient (Wildman–Crippen LogP) is 0.758. The minimum Gasteiger partial charge on any atom is -0.459 e. The second-order valence-electron chi connectivity index (χ2n) is 16.5. The molecule has 0 unspecified atom stereocenters. The molecule has 3 fully saturated rings. The van der Waals surface area contributed by atoms with Crippen LogP contribution in [0.1, 0.15) is 88.0 Å². The number of carbonyl (C=O) groups is 2. The Morgan fingerprint density at radius 3 is 2.06 bits per heavy atom. The molecule has 6 N–H and O–H groups in total. The molecule has 52 heavy (non-hydrogen) atoms. The zero-order valence-corrected chi connectivity index (χ0v) is 33.1. The number of esters is 1. The Balaban J connectivity index is 2.21. The first kappa shape index (κ1) is 45.1. The third kappa shape index (κ3) is 9.54. The molecule has 3 aliphatic rings. The van der Waals surface area contributed by atoms with E-state index < -0.39 is 114 Å². The van der Waals surface area contributed by atoms with Gasteiger partial charge in [0.1, 0.15) is 29.7 Å². The minimum atomic E-state index is -2.08. The molecule has 15 nitrogen and oxygen atoms in total. The Bertz CT molecular complexity index is 1190. The zero-order chi connectivity index (χ0) is 39.7. The molecular weight excluding hydrogens is 682 g/mol. The summed E-state index contributed by atoms with van der Waals surface area (Å²) in [4.78, 5) is 29.8. The molecule has 0 aromatic heterocycles. The first-order chi connectivity index (χ1) is 24.0. The lowest BCUT2D eigenvalue weighted by atomic mass is 9.73. The van der Waals surface area contributed by atoms with Crippen molar-refractivity contribution in [3.8, 4) is 0 Å². The summed E-state index contributed by atoms with van der Waals surface area (Å²) >= 11 is 0. The van der Waals surface area contributed by atoms with E-state index in [4.69, 9.17) is 28.4 Å². The van der Waals surface area contributed by atoms with Crippen molar-refractivity contribution in [1.82, 2.24) is 4.90 Å². The van der Waals surface area contributed by atoms with Gasteiger partial charge in [-0.15, -0.1) is 0 Å². The predicted molar refractivity (Wildman–Crippen MR) is 188 cm³/mol. The number of carbonyl (C=O) groups excluding carboxylic acids is 2. The van der Waals surface area contributed by atoms with Crippen LogP contribution in [-0.2, 0) is 38.0 Å². The van der Waals surface area contributed by atoms with Crippen LogP contribution in [0.25, 0.3) is 0 Å². The second-order valence-corrected chi connectivity index (χ2v) is 16.5. The van der Waals surface area contributed by atoms with Crippen molar-refractivity contribution in [2.24, 2.45) is 23.7 Å². The molecule has 0 aromatic rings. The molecule has 0 bridgehead atoms. The zero-order valence-electron chi connectivity index (χ0n) is 33.1. The third-order valence-electron chi connectivity index (χ3n) is 11.9. The molecule has 0 aliphatic carbocycles. The van der Waals surface area contributed by atoms with Crippen molar-refractivity contribution in [2.75, 3.05) is 27.8 Å². The molecule has 0 amide bonds. The van der Waals surface area contributed by atoms with Gasteiger partial charge in [-0.3, -0.25) is 9.59 Å². The van der Waals surface area contributed by atoms with Crippen molar-refractivity contribution in [3.05, 3.63) is 0 Å². The van der Waals surface area contributed by atoms with E-state index in [1.807, 2.05) is 25.9 Å². The molecule has 0 aromatic carbocycles. The van der Waals surface area contributed by atoms with Crippen LogP contribution < -0.4 is 0 Å². The first-order valence-corrected chi connectivity index (χ1v) is 18.6. The number of likely N-dealkylation sites (N-methyl/N-ethyl adjacent to an activating group) is 1. The number of hydrogen-bond acceptors (Lipinski definition) is 15. The molecule has 0 radical (unpaired) electrons. The number of hydrogen-bond donors (Lipinski definition) is 6. The SMILES string of the molecule is CC[C@H]1OC(=O)[C@H](C)[C@@H](O[C@H]2C[C@@](C)(OC)[C@@H](O)[C@H](C)O2)[C@H](C)[C@@H](O[C@@H]2O[C@H](C)C[C@H](N(C)C)[C@H]2O)[C@](C)(O)C[C@@H](CO)C(=O)[C@H](C)[C@@H](O)[C@]1(C)O. The highest BCUT2D eigenvalue weighted by atomic mass is 16.7. The normalized spacial score (nSPS) is 49.0. The van der Waals surface area contributed by atoms with Crippen molar-refractivity contribution in [2.45, 2.75) is 172 Å². The van der Waals surface area contributed by atoms with E-state index in [-0.39, 0.29) is 31.4 Å². The summed E-state index contributed by atoms with van der Waals surface area (Å²) in [6, 6.07) is -0.364. The average Bonchev–Trinajstić information content (AvgIpc) is 3.08. The van der Waals surface area contributed by atoms with Crippen molar-refractivity contribution < 1.29 is 68.6 Å². The van der Waals surface area contributed by atoms with Crippen LogP contribution in [-0.4, -0.2) is 159 Å². The fourth-order valence-electron chi connectivity index (χ4n) is 8.37. The Morgan fingerprint density at radius 2 is 1.52 bits per heavy atom. The van der Waals surface area contributed by atoms with Crippen LogP contribution >= 0.6 is 0 Å². The van der Waals surface area contributed by atoms with E-state index in [2.05, 4.69) is 0 Å². The fourth-order valence-corrected chi connectivity index (χ4v) is 8.37. The maximum atomic E-state index is 14.1. The summed E-state index contributed by atoms with van der Waals surface area (Å²) in [7, 11) is 5.11. The molecule has 0 spiro atoms. The van der Waals surface area contributed by atoms with E-state index in [1.54, 1.807) is 34.6 Å². The average molecular weight is 750 g/mol. The van der Waals surface area contributed by atoms with Crippen LogP contribution in [0.3, 0.4) is 0 Å². The maximum absolute atomic E-state index is 14.1. The Hall–Kier alpha value is -1.34. The van der Waals surface area contributed by atoms with Gasteiger partial charge in [0.25, 0.3) is 0 Å². The summed E-state index contributed by atoms with van der Waals surface area (Å²) in [5.41, 5.74) is -5.11. The van der Waals surface area contributed by atoms with Crippen LogP contribution in [0.4, 0.5) is 0 Å². The monoisotopic (exact) mass is 749 g/mol. The number of aliphatic hydroxyl groups is 6. The Labute approximate surface area is 308 Å². The number of methoxy groups -OCH3 is 1. The van der Waals surface area contributed by atoms with Gasteiger partial charge < -0.3 is 64.0 Å². The largest absolute Gasteiger partial charge is 0.459 e. The summed E-state index contributed by atoms with van der Waals surface area (Å²) in [5.74, 6) is -5.91. The van der Waals surface area contributed by atoms with Gasteiger partial charge in [-0.1, -0.05) is 20.8 Å². The molecule has 304 valence electrons. The number of ether oxygens (including phenoxy) is 6. The summed E-state index contributed by atoms with van der Waals surface area (Å²) < 4.78 is 36.9. The Morgan fingerprint density at radius 1 is 0.904 bits per heavy atom. The summed E-state index contributed by atoms with van der Waals surface area (Å²) in [6.07, 6.45) is -10.6. The van der Waals surface area contributed by atoms with Gasteiger partial charge in [0, 0.05) is 37.3 Å². The molecule has 0 saturated carbocycles. The quantitative estimate of drug-likeness (QED) is 0.189. The first-order valence-electron chi connectivity index (χ1n) is 18.6. The van der Waals surface area contributed by atoms with Crippen molar-refractivity contribution >= 4 is 11.8 Å². The molecule has 15 heteroatoms. The highest BCUT2D eigenvalue weighted by molar-refractivity contribution is 5.84. The summed E-state index contributed by atoms with van der Waals surface area (Å²) in [5, 5.41) is 68.2. The van der Waals surface area contributed by atoms with Gasteiger partial charge in [0.05, 0.1) is 54.2 Å². The lowest BCUT2D eigenvalue weighted by Gasteiger charge is -2.49. The van der Waals surface area contributed by atoms with Gasteiger partial charge in [-0.05, 0) is 74.9 Å². The van der Waals surface area contributed by atoms with E-state index in [1.165, 1.54) is 27.9 Å². The van der Waals surface area contributed by atoms with Crippen LogP contribution in [0.5, 0.6) is 0 Å². The van der Waals surface area contributed by atoms with Gasteiger partial charge in [0.2, 0.25) is 0 Å². The maximum Gasteiger partial charge on any atom is 0.311 e. The van der Waals surface area contributed by atoms with Crippen LogP contribution in [0.15, 0.2) is 0 Å². The molecule has 3 heterocycles. The summed E-state index contributed by atoms with van der Waals surface area (Å²) in [6.45, 7) is 13.6. The van der Waals surface area contributed by atoms with Gasteiger partial charge in [0.15, 0.2) is 12.6 Å². The van der Waals surface area contributed by atoms with Crippen LogP contribution in [0, 0.1) is 23.7 Å². The highest BCUT2D eigenvalue weighted by Crippen LogP contribution is 2.40. The minimum absolute atomic E-state index is 0.0614. The molecular formula is C37H67NO14. The number of cyclic esters (lactones) is 1. The van der Waals surface area contributed by atoms with Gasteiger partial charge in [-0.25, -0.2) is 0 Å². The van der Waals surface area contributed by atoms with Gasteiger partial charge >= 0.3 is 5.97 Å². The van der Waals surface area contributed by atoms with Gasteiger partial charge in [-0.2, -0.15) is 0 Å². The lowest BCUT2D eigenvalue weighted by Crippen LogP contribution is -2.61. The lowest BCUT2D eigenvalue weighted by molar-refractivity contribution is -0.318. The number of aliphatic hydroxyl groups excluding tert-OH is 4. The molecule has 3 saturated heterocycles. The second kappa shape index (κ2) is 17.6. The fraction of sp³-hybridized carbons (Fsp3) is 0.946. The molecule has 18 atom stereocenters. The van der Waals surface area contributed by atoms with E-state index in [0.717, 1.165) is 0 Å². The molecule has 3 rings (SSSR count). The Kier molecular flexibility index (Phi) is 15.3. The van der Waals surface area contributed by atoms with Crippen molar-refractivity contribution in [3.63, 3.8) is 0 Å². The van der Waals surface area contributed by atoms with E-state index in [0.29, 0.717) is 6.42 Å². The third-order valence-corrected chi connectivity index (χ3v) is 11.9. The standard InChI is InChI=1S/C37H67NO14/c1-13-25-37(9,46)30(42)19(3)27(40)23(17-39)15-35(7,45)32(52-34-28(41)24(38(10)11)14-18(2)48-34)20(4)29(21(5)33(44)50-25)51-26-16-36(8,47-12)31(43)22(6)49-26/h18-26,28-32,34,39,41-43,45-46H,13-17H2,1-12H3/t18-,19+,20+,21-,22+,23+,24+,25-,26+,28-,29+,30-,31+,32-,34+,35-,36-,37-/m1/s1. The highest BCUT2D eigenvalue weighted by Gasteiger charge is 2.54. The number of Topliss-reactive ketones (excluding diaryl/α,β-unsaturated/α-hetero) is 1.